The highest BCUT2D eigenvalue weighted by Gasteiger charge is 2.33. The lowest BCUT2D eigenvalue weighted by Gasteiger charge is -2.33. The van der Waals surface area contributed by atoms with Crippen molar-refractivity contribution >= 4 is 11.9 Å². The van der Waals surface area contributed by atoms with Crippen molar-refractivity contribution in [2.45, 2.75) is 58.2 Å². The van der Waals surface area contributed by atoms with Crippen molar-refractivity contribution in [1.82, 2.24) is 19.9 Å². The monoisotopic (exact) mass is 480 g/mol. The Labute approximate surface area is 195 Å². The summed E-state index contributed by atoms with van der Waals surface area (Å²) in [7, 11) is 0. The Balaban J connectivity index is 1.68. The van der Waals surface area contributed by atoms with Crippen LogP contribution < -0.4 is 4.74 Å². The van der Waals surface area contributed by atoms with Gasteiger partial charge in [0, 0.05) is 31.3 Å². The molecule has 1 aliphatic rings. The van der Waals surface area contributed by atoms with E-state index in [1.807, 2.05) is 0 Å². The molecule has 0 spiro atoms. The van der Waals surface area contributed by atoms with Crippen molar-refractivity contribution in [1.29, 1.82) is 0 Å². The molecule has 34 heavy (non-hydrogen) atoms. The predicted molar refractivity (Wildman–Crippen MR) is 116 cm³/mol. The van der Waals surface area contributed by atoms with Gasteiger partial charge in [-0.05, 0) is 46.6 Å². The summed E-state index contributed by atoms with van der Waals surface area (Å²) >= 11 is 0. The van der Waals surface area contributed by atoms with E-state index in [0.717, 1.165) is 12.1 Å². The number of pyridine rings is 1. The number of piperidine rings is 1. The number of aryl methyl sites for hydroxylation is 1. The largest absolute Gasteiger partial charge is 0.469 e. The van der Waals surface area contributed by atoms with Gasteiger partial charge in [0.1, 0.15) is 17.1 Å². The summed E-state index contributed by atoms with van der Waals surface area (Å²) in [6, 6.07) is 3.24. The molecule has 0 aromatic carbocycles. The average molecular weight is 480 g/mol. The van der Waals surface area contributed by atoms with Gasteiger partial charge in [-0.2, -0.15) is 13.2 Å². The summed E-state index contributed by atoms with van der Waals surface area (Å²) in [5, 5.41) is 0. The second-order valence-electron chi connectivity index (χ2n) is 9.03. The Hall–Kier alpha value is -3.24. The summed E-state index contributed by atoms with van der Waals surface area (Å²) in [5.74, 6) is -0.375. The summed E-state index contributed by atoms with van der Waals surface area (Å²) in [5.41, 5.74) is -0.907. The first-order chi connectivity index (χ1) is 15.8. The Bertz CT molecular complexity index is 1050. The summed E-state index contributed by atoms with van der Waals surface area (Å²) in [6.07, 6.45) is -2.44. The molecule has 184 valence electrons. The smallest absolute Gasteiger partial charge is 0.433 e. The molecule has 1 amide bonds. The van der Waals surface area contributed by atoms with Gasteiger partial charge in [0.05, 0.1) is 11.3 Å². The van der Waals surface area contributed by atoms with Gasteiger partial charge in [-0.1, -0.05) is 6.07 Å². The molecule has 0 radical (unpaired) electrons. The number of likely N-dealkylation sites (tertiary alicyclic amines) is 1. The van der Waals surface area contributed by atoms with Gasteiger partial charge in [-0.15, -0.1) is 0 Å². The third-order valence-electron chi connectivity index (χ3n) is 5.14. The first-order valence-corrected chi connectivity index (χ1v) is 10.8. The molecule has 8 nitrogen and oxygen atoms in total. The van der Waals surface area contributed by atoms with Gasteiger partial charge < -0.3 is 14.4 Å². The maximum Gasteiger partial charge on any atom is 0.433 e. The third-order valence-corrected chi connectivity index (χ3v) is 5.14. The normalized spacial score (nSPS) is 15.2. The Morgan fingerprint density at radius 2 is 1.79 bits per heavy atom. The predicted octanol–water partition coefficient (Wildman–Crippen LogP) is 4.58. The molecule has 0 N–H and O–H groups in total. The van der Waals surface area contributed by atoms with E-state index < -0.39 is 29.9 Å². The van der Waals surface area contributed by atoms with Crippen LogP contribution in [0.15, 0.2) is 24.4 Å². The average Bonchev–Trinajstić information content (AvgIpc) is 2.76. The Morgan fingerprint density at radius 1 is 1.12 bits per heavy atom. The van der Waals surface area contributed by atoms with Crippen molar-refractivity contribution in [3.63, 3.8) is 0 Å². The molecule has 1 fully saturated rings. The van der Waals surface area contributed by atoms with Crippen molar-refractivity contribution in [2.75, 3.05) is 19.7 Å². The number of halogens is 3. The van der Waals surface area contributed by atoms with Crippen LogP contribution in [0.1, 0.15) is 67.1 Å². The first-order valence-electron chi connectivity index (χ1n) is 10.8. The third kappa shape index (κ3) is 6.64. The van der Waals surface area contributed by atoms with Crippen molar-refractivity contribution in [3.05, 3.63) is 47.2 Å². The van der Waals surface area contributed by atoms with E-state index in [4.69, 9.17) is 9.47 Å². The maximum atomic E-state index is 12.9. The maximum absolute atomic E-state index is 12.9. The quantitative estimate of drug-likeness (QED) is 0.579. The molecule has 3 rings (SSSR count). The van der Waals surface area contributed by atoms with Crippen LogP contribution in [0, 0.1) is 6.92 Å². The molecule has 3 heterocycles. The molecule has 2 aromatic rings. The van der Waals surface area contributed by atoms with Crippen LogP contribution in [0.25, 0.3) is 0 Å². The number of aromatic nitrogens is 3. The Kier molecular flexibility index (Phi) is 7.42. The second-order valence-corrected chi connectivity index (χ2v) is 9.03. The van der Waals surface area contributed by atoms with E-state index in [-0.39, 0.29) is 23.5 Å². The van der Waals surface area contributed by atoms with Crippen LogP contribution in [-0.4, -0.2) is 57.0 Å². The number of alkyl halides is 3. The molecular weight excluding hydrogens is 453 g/mol. The SMILES string of the molecule is Cc1ncc(C(=O)COc2cccc(C(F)(F)F)n2)c(C2CCN(C(=O)OC(C)(C)C)CC2)n1. The minimum absolute atomic E-state index is 0.0916. The van der Waals surface area contributed by atoms with Gasteiger partial charge in [0.15, 0.2) is 6.61 Å². The summed E-state index contributed by atoms with van der Waals surface area (Å²) < 4.78 is 49.2. The number of nitrogens with zero attached hydrogens (tertiary/aromatic N) is 4. The van der Waals surface area contributed by atoms with E-state index >= 15 is 0 Å². The highest BCUT2D eigenvalue weighted by atomic mass is 19.4. The number of carbonyl (C=O) groups excluding carboxylic acids is 2. The van der Waals surface area contributed by atoms with Crippen molar-refractivity contribution < 1.29 is 32.2 Å². The van der Waals surface area contributed by atoms with E-state index in [0.29, 0.717) is 37.4 Å². The molecule has 0 aliphatic carbocycles. The lowest BCUT2D eigenvalue weighted by atomic mass is 9.90. The number of ether oxygens (including phenoxy) is 2. The molecule has 1 saturated heterocycles. The standard InChI is InChI=1S/C23H27F3N4O4/c1-14-27-12-16(17(31)13-33-19-7-5-6-18(29-19)23(24,25)26)20(28-14)15-8-10-30(11-9-15)21(32)34-22(2,3)4/h5-7,12,15H,8-11,13H2,1-4H3. The number of hydrogen-bond donors (Lipinski definition) is 0. The Morgan fingerprint density at radius 3 is 2.41 bits per heavy atom. The topological polar surface area (TPSA) is 94.5 Å². The number of carbonyl (C=O) groups is 2. The fraction of sp³-hybridized carbons (Fsp3) is 0.522. The van der Waals surface area contributed by atoms with Gasteiger partial charge >= 0.3 is 12.3 Å². The zero-order chi connectivity index (χ0) is 25.1. The highest BCUT2D eigenvalue weighted by molar-refractivity contribution is 5.98. The number of amides is 1. The lowest BCUT2D eigenvalue weighted by molar-refractivity contribution is -0.141. The molecule has 2 aromatic heterocycles. The van der Waals surface area contributed by atoms with Crippen LogP contribution in [0.4, 0.5) is 18.0 Å². The molecule has 0 unspecified atom stereocenters. The number of hydrogen-bond acceptors (Lipinski definition) is 7. The second kappa shape index (κ2) is 9.94. The minimum atomic E-state index is -4.62. The van der Waals surface area contributed by atoms with Gasteiger partial charge in [-0.25, -0.2) is 19.7 Å². The fourth-order valence-corrected chi connectivity index (χ4v) is 3.55. The van der Waals surface area contributed by atoms with Gasteiger partial charge in [0.2, 0.25) is 11.7 Å². The lowest BCUT2D eigenvalue weighted by Crippen LogP contribution is -2.41. The number of Topliss-reactive ketones (excluding diaryl/α,β-unsaturated/α-hetero) is 1. The van der Waals surface area contributed by atoms with E-state index in [9.17, 15) is 22.8 Å². The summed E-state index contributed by atoms with van der Waals surface area (Å²) in [4.78, 5) is 38.8. The van der Waals surface area contributed by atoms with Crippen molar-refractivity contribution in [2.24, 2.45) is 0 Å². The van der Waals surface area contributed by atoms with Crippen LogP contribution in [0.3, 0.4) is 0 Å². The molecular formula is C23H27F3N4O4. The van der Waals surface area contributed by atoms with E-state index in [1.54, 1.807) is 32.6 Å². The fourth-order valence-electron chi connectivity index (χ4n) is 3.55. The van der Waals surface area contributed by atoms with Gasteiger partial charge in [0.25, 0.3) is 0 Å². The molecule has 0 bridgehead atoms. The molecule has 1 aliphatic heterocycles. The summed E-state index contributed by atoms with van der Waals surface area (Å²) in [6.45, 7) is 7.49. The molecule has 0 atom stereocenters. The zero-order valence-corrected chi connectivity index (χ0v) is 19.5. The molecule has 0 saturated carbocycles. The van der Waals surface area contributed by atoms with Crippen LogP contribution in [0.2, 0.25) is 0 Å². The molecule has 11 heteroatoms. The first kappa shape index (κ1) is 25.4. The zero-order valence-electron chi connectivity index (χ0n) is 19.5. The van der Waals surface area contributed by atoms with Crippen LogP contribution in [0.5, 0.6) is 5.88 Å². The van der Waals surface area contributed by atoms with E-state index in [2.05, 4.69) is 15.0 Å². The van der Waals surface area contributed by atoms with Gasteiger partial charge in [-0.3, -0.25) is 4.79 Å². The van der Waals surface area contributed by atoms with Crippen LogP contribution >= 0.6 is 0 Å². The van der Waals surface area contributed by atoms with Crippen LogP contribution in [-0.2, 0) is 10.9 Å². The number of ketones is 1. The van der Waals surface area contributed by atoms with Crippen molar-refractivity contribution in [3.8, 4) is 5.88 Å². The highest BCUT2D eigenvalue weighted by Crippen LogP contribution is 2.31. The number of rotatable bonds is 5. The minimum Gasteiger partial charge on any atom is -0.469 e. The van der Waals surface area contributed by atoms with E-state index in [1.165, 1.54) is 12.3 Å².